The standard InChI is InChI=1S/C28H40O17/c1-12-3-5-14(6-4-12)13(2)9-42-28-26(24(38)22(36)16(44-28)11-41-20(34)8-18(31)32)45-27-25(39)23(37)21(35)15(43-27)10-40-19(33)7-17(29)30/h3,14-16,21-28,35-39H,2,4-11H2,1H3,(H,29,30)(H,31,32)/t14?,15-,16-,21-,22-,23+,24+,25-,26-,27+,28-/m1/s1. The van der Waals surface area contributed by atoms with E-state index >= 15 is 0 Å². The molecule has 0 aromatic heterocycles. The second-order valence-electron chi connectivity index (χ2n) is 11.1. The summed E-state index contributed by atoms with van der Waals surface area (Å²) in [6.07, 6.45) is -14.7. The first-order valence-electron chi connectivity index (χ1n) is 14.2. The highest BCUT2D eigenvalue weighted by molar-refractivity contribution is 5.90. The summed E-state index contributed by atoms with van der Waals surface area (Å²) in [7, 11) is 0. The van der Waals surface area contributed by atoms with Crippen molar-refractivity contribution in [3.05, 3.63) is 23.8 Å². The van der Waals surface area contributed by atoms with Crippen LogP contribution in [-0.4, -0.2) is 141 Å². The molecule has 0 spiro atoms. The fourth-order valence-corrected chi connectivity index (χ4v) is 4.99. The quantitative estimate of drug-likeness (QED) is 0.0609. The lowest BCUT2D eigenvalue weighted by Gasteiger charge is -2.46. The van der Waals surface area contributed by atoms with Crippen LogP contribution < -0.4 is 0 Å². The number of esters is 2. The van der Waals surface area contributed by atoms with Crippen LogP contribution in [0.2, 0.25) is 0 Å². The zero-order valence-electron chi connectivity index (χ0n) is 24.5. The van der Waals surface area contributed by atoms with Gasteiger partial charge in [0.05, 0.1) is 6.61 Å². The van der Waals surface area contributed by atoms with E-state index in [1.165, 1.54) is 5.57 Å². The van der Waals surface area contributed by atoms with Crippen molar-refractivity contribution in [1.29, 1.82) is 0 Å². The van der Waals surface area contributed by atoms with Crippen molar-refractivity contribution in [2.45, 2.75) is 100 Å². The van der Waals surface area contributed by atoms with Gasteiger partial charge in [-0.2, -0.15) is 0 Å². The number of carboxylic acid groups (broad SMARTS) is 2. The predicted molar refractivity (Wildman–Crippen MR) is 145 cm³/mol. The molecule has 2 saturated heterocycles. The molecule has 1 unspecified atom stereocenters. The van der Waals surface area contributed by atoms with Gasteiger partial charge in [-0.1, -0.05) is 18.2 Å². The number of rotatable bonds is 14. The summed E-state index contributed by atoms with van der Waals surface area (Å²) >= 11 is 0. The van der Waals surface area contributed by atoms with Gasteiger partial charge in [0.2, 0.25) is 0 Å². The van der Waals surface area contributed by atoms with Crippen molar-refractivity contribution >= 4 is 23.9 Å². The lowest BCUT2D eigenvalue weighted by Crippen LogP contribution is -2.65. The Morgan fingerprint density at radius 3 is 1.87 bits per heavy atom. The molecule has 0 aromatic rings. The molecular formula is C28H40O17. The lowest BCUT2D eigenvalue weighted by atomic mass is 9.85. The number of aliphatic hydroxyl groups excluding tert-OH is 5. The largest absolute Gasteiger partial charge is 0.481 e. The topological polar surface area (TPSA) is 265 Å². The number of allylic oxidation sites excluding steroid dienone is 2. The molecule has 17 nitrogen and oxygen atoms in total. The SMILES string of the molecule is C=C(CO[C@@H]1O[C@H](COC(=O)CC(=O)O)[C@@H](O)[C@H](O)[C@H]1O[C@@H]1O[C@H](COC(=O)CC(=O)O)[C@@H](O)[C@H](O)[C@H]1O)C1CC=C(C)CC1. The van der Waals surface area contributed by atoms with Gasteiger partial charge >= 0.3 is 23.9 Å². The molecule has 7 N–H and O–H groups in total. The summed E-state index contributed by atoms with van der Waals surface area (Å²) in [5.41, 5.74) is 1.93. The minimum Gasteiger partial charge on any atom is -0.481 e. The average molecular weight is 649 g/mol. The van der Waals surface area contributed by atoms with Crippen LogP contribution in [0.15, 0.2) is 23.8 Å². The molecule has 3 rings (SSSR count). The van der Waals surface area contributed by atoms with E-state index in [0.717, 1.165) is 19.3 Å². The molecule has 0 amide bonds. The molecule has 3 aliphatic rings. The van der Waals surface area contributed by atoms with Gasteiger partial charge in [-0.05, 0) is 37.7 Å². The second kappa shape index (κ2) is 16.5. The summed E-state index contributed by atoms with van der Waals surface area (Å²) < 4.78 is 32.5. The number of aliphatic hydroxyl groups is 5. The molecule has 0 saturated carbocycles. The van der Waals surface area contributed by atoms with Crippen LogP contribution in [0.3, 0.4) is 0 Å². The molecule has 0 radical (unpaired) electrons. The van der Waals surface area contributed by atoms with Crippen molar-refractivity contribution in [2.75, 3.05) is 19.8 Å². The van der Waals surface area contributed by atoms with Gasteiger partial charge in [-0.25, -0.2) is 0 Å². The van der Waals surface area contributed by atoms with Crippen LogP contribution in [0.1, 0.15) is 39.0 Å². The summed E-state index contributed by atoms with van der Waals surface area (Å²) in [6.45, 7) is 4.59. The number of carboxylic acids is 2. The third kappa shape index (κ3) is 10.2. The third-order valence-electron chi connectivity index (χ3n) is 7.66. The Morgan fingerprint density at radius 1 is 0.822 bits per heavy atom. The molecular weight excluding hydrogens is 608 g/mol. The first-order chi connectivity index (χ1) is 21.2. The molecule has 45 heavy (non-hydrogen) atoms. The van der Waals surface area contributed by atoms with Crippen molar-refractivity contribution in [3.8, 4) is 0 Å². The maximum Gasteiger partial charge on any atom is 0.317 e. The Labute approximate surface area is 257 Å². The maximum atomic E-state index is 11.8. The highest BCUT2D eigenvalue weighted by atomic mass is 16.8. The van der Waals surface area contributed by atoms with Gasteiger partial charge in [-0.15, -0.1) is 0 Å². The Balaban J connectivity index is 1.75. The fraction of sp³-hybridized carbons (Fsp3) is 0.714. The van der Waals surface area contributed by atoms with Crippen LogP contribution in [0.25, 0.3) is 0 Å². The number of aliphatic carboxylic acids is 2. The number of carbonyl (C=O) groups excluding carboxylic acids is 2. The van der Waals surface area contributed by atoms with Crippen molar-refractivity contribution in [3.63, 3.8) is 0 Å². The second-order valence-corrected chi connectivity index (χ2v) is 11.1. The van der Waals surface area contributed by atoms with E-state index in [1.807, 2.05) is 6.92 Å². The van der Waals surface area contributed by atoms with E-state index in [1.54, 1.807) is 0 Å². The Bertz CT molecular complexity index is 1110. The zero-order valence-corrected chi connectivity index (χ0v) is 24.5. The summed E-state index contributed by atoms with van der Waals surface area (Å²) in [4.78, 5) is 44.9. The smallest absolute Gasteiger partial charge is 0.317 e. The van der Waals surface area contributed by atoms with Gasteiger partial charge in [0, 0.05) is 0 Å². The number of hydrogen-bond acceptors (Lipinski definition) is 15. The normalized spacial score (nSPS) is 35.2. The van der Waals surface area contributed by atoms with Gasteiger partial charge < -0.3 is 64.2 Å². The number of ether oxygens (including phenoxy) is 6. The highest BCUT2D eigenvalue weighted by Crippen LogP contribution is 2.32. The Hall–Kier alpha value is -3.00. The van der Waals surface area contributed by atoms with Crippen LogP contribution in [0.4, 0.5) is 0 Å². The maximum absolute atomic E-state index is 11.8. The van der Waals surface area contributed by atoms with Gasteiger partial charge in [0.1, 0.15) is 74.9 Å². The fourth-order valence-electron chi connectivity index (χ4n) is 4.99. The van der Waals surface area contributed by atoms with E-state index in [-0.39, 0.29) is 12.5 Å². The first-order valence-corrected chi connectivity index (χ1v) is 14.2. The molecule has 0 aromatic carbocycles. The van der Waals surface area contributed by atoms with E-state index in [0.29, 0.717) is 5.57 Å². The minimum absolute atomic E-state index is 0.0738. The van der Waals surface area contributed by atoms with E-state index < -0.39 is 111 Å². The highest BCUT2D eigenvalue weighted by Gasteiger charge is 2.51. The van der Waals surface area contributed by atoms with Gasteiger partial charge in [-0.3, -0.25) is 19.2 Å². The van der Waals surface area contributed by atoms with Gasteiger partial charge in [0.15, 0.2) is 12.6 Å². The minimum atomic E-state index is -1.93. The Morgan fingerprint density at radius 2 is 1.36 bits per heavy atom. The van der Waals surface area contributed by atoms with Crippen molar-refractivity contribution in [2.24, 2.45) is 5.92 Å². The average Bonchev–Trinajstić information content (AvgIpc) is 2.97. The lowest BCUT2D eigenvalue weighted by molar-refractivity contribution is -0.366. The van der Waals surface area contributed by atoms with Crippen LogP contribution in [-0.2, 0) is 47.6 Å². The molecule has 2 aliphatic heterocycles. The summed E-state index contributed by atoms with van der Waals surface area (Å²) in [5, 5.41) is 70.6. The monoisotopic (exact) mass is 648 g/mol. The molecule has 254 valence electrons. The third-order valence-corrected chi connectivity index (χ3v) is 7.66. The first kappa shape index (κ1) is 36.5. The molecule has 2 fully saturated rings. The number of carbonyl (C=O) groups is 4. The van der Waals surface area contributed by atoms with Crippen molar-refractivity contribution < 1.29 is 83.3 Å². The van der Waals surface area contributed by atoms with E-state index in [2.05, 4.69) is 12.7 Å². The molecule has 11 atom stereocenters. The van der Waals surface area contributed by atoms with Crippen LogP contribution in [0, 0.1) is 5.92 Å². The Kier molecular flexibility index (Phi) is 13.4. The zero-order chi connectivity index (χ0) is 33.4. The molecule has 2 heterocycles. The predicted octanol–water partition coefficient (Wildman–Crippen LogP) is -2.02. The van der Waals surface area contributed by atoms with E-state index in [4.69, 9.17) is 38.6 Å². The van der Waals surface area contributed by atoms with Crippen LogP contribution >= 0.6 is 0 Å². The molecule has 0 bridgehead atoms. The van der Waals surface area contributed by atoms with Crippen LogP contribution in [0.5, 0.6) is 0 Å². The molecule has 17 heteroatoms. The molecule has 1 aliphatic carbocycles. The number of hydrogen-bond donors (Lipinski definition) is 7. The summed E-state index contributed by atoms with van der Waals surface area (Å²) in [6, 6.07) is 0. The van der Waals surface area contributed by atoms with E-state index in [9.17, 15) is 44.7 Å². The summed E-state index contributed by atoms with van der Waals surface area (Å²) in [5.74, 6) is -5.13. The van der Waals surface area contributed by atoms with Crippen molar-refractivity contribution in [1.82, 2.24) is 0 Å². The van der Waals surface area contributed by atoms with Gasteiger partial charge in [0.25, 0.3) is 0 Å².